The normalized spacial score (nSPS) is 11.1. The summed E-state index contributed by atoms with van der Waals surface area (Å²) in [6.45, 7) is 3.77. The summed E-state index contributed by atoms with van der Waals surface area (Å²) in [5.41, 5.74) is 2.67. The third kappa shape index (κ3) is 4.57. The zero-order chi connectivity index (χ0) is 21.8. The molecule has 0 unspecified atom stereocenters. The summed E-state index contributed by atoms with van der Waals surface area (Å²) in [5, 5.41) is 23.1. The number of amides is 1. The molecule has 0 aliphatic carbocycles. The van der Waals surface area contributed by atoms with E-state index in [9.17, 15) is 20.2 Å². The minimum absolute atomic E-state index is 0.133. The highest BCUT2D eigenvalue weighted by Crippen LogP contribution is 2.32. The first-order valence-corrected chi connectivity index (χ1v) is 9.21. The van der Waals surface area contributed by atoms with Crippen LogP contribution in [0.25, 0.3) is 17.4 Å². The van der Waals surface area contributed by atoms with Crippen LogP contribution < -0.4 is 5.32 Å². The number of benzene rings is 2. The SMILES string of the molecule is Cc1ccc(C)c(NC(=O)/C(C#N)=C/c2ccc(-c3ccc([N+](=O)[O-])cc3Cl)o2)c1. The van der Waals surface area contributed by atoms with Crippen molar-refractivity contribution in [3.63, 3.8) is 0 Å². The van der Waals surface area contributed by atoms with Crippen LogP contribution in [0.1, 0.15) is 16.9 Å². The van der Waals surface area contributed by atoms with Gasteiger partial charge >= 0.3 is 0 Å². The van der Waals surface area contributed by atoms with Gasteiger partial charge in [0.2, 0.25) is 0 Å². The molecule has 0 bridgehead atoms. The number of hydrogen-bond acceptors (Lipinski definition) is 5. The molecule has 0 spiro atoms. The molecule has 7 nitrogen and oxygen atoms in total. The van der Waals surface area contributed by atoms with Crippen molar-refractivity contribution in [1.82, 2.24) is 0 Å². The molecule has 150 valence electrons. The van der Waals surface area contributed by atoms with E-state index in [4.69, 9.17) is 16.0 Å². The van der Waals surface area contributed by atoms with Gasteiger partial charge in [-0.3, -0.25) is 14.9 Å². The van der Waals surface area contributed by atoms with Crippen LogP contribution in [0.4, 0.5) is 11.4 Å². The number of furan rings is 1. The van der Waals surface area contributed by atoms with E-state index in [-0.39, 0.29) is 22.0 Å². The molecule has 2 aromatic carbocycles. The van der Waals surface area contributed by atoms with Gasteiger partial charge in [-0.1, -0.05) is 23.7 Å². The second-order valence-electron chi connectivity index (χ2n) is 6.57. The van der Waals surface area contributed by atoms with E-state index >= 15 is 0 Å². The van der Waals surface area contributed by atoms with Gasteiger partial charge in [0.05, 0.1) is 9.95 Å². The number of nitrogens with zero attached hydrogens (tertiary/aromatic N) is 2. The van der Waals surface area contributed by atoms with E-state index in [0.717, 1.165) is 11.1 Å². The van der Waals surface area contributed by atoms with E-state index in [1.54, 1.807) is 12.1 Å². The van der Waals surface area contributed by atoms with Crippen LogP contribution >= 0.6 is 11.6 Å². The maximum absolute atomic E-state index is 12.5. The first kappa shape index (κ1) is 20.8. The Balaban J connectivity index is 1.85. The maximum Gasteiger partial charge on any atom is 0.270 e. The van der Waals surface area contributed by atoms with Crippen LogP contribution in [0.2, 0.25) is 5.02 Å². The van der Waals surface area contributed by atoms with Crippen LogP contribution in [0.15, 0.2) is 58.5 Å². The summed E-state index contributed by atoms with van der Waals surface area (Å²) >= 11 is 6.12. The third-order valence-electron chi connectivity index (χ3n) is 4.35. The number of aryl methyl sites for hydroxylation is 2. The number of nitrogens with one attached hydrogen (secondary N) is 1. The second kappa shape index (κ2) is 8.64. The molecule has 0 fully saturated rings. The Kier molecular flexibility index (Phi) is 6.00. The predicted molar refractivity (Wildman–Crippen MR) is 114 cm³/mol. The van der Waals surface area contributed by atoms with Crippen molar-refractivity contribution in [3.05, 3.63) is 86.1 Å². The standard InChI is InChI=1S/C22H16ClN3O4/c1-13-3-4-14(2)20(9-13)25-22(27)15(12-24)10-17-6-8-21(30-17)18-7-5-16(26(28)29)11-19(18)23/h3-11H,1-2H3,(H,25,27)/b15-10+. The molecule has 1 N–H and O–H groups in total. The summed E-state index contributed by atoms with van der Waals surface area (Å²) in [4.78, 5) is 22.8. The van der Waals surface area contributed by atoms with Crippen molar-refractivity contribution in [2.24, 2.45) is 0 Å². The zero-order valence-electron chi connectivity index (χ0n) is 16.1. The molecule has 0 aliphatic rings. The highest BCUT2D eigenvalue weighted by atomic mass is 35.5. The second-order valence-corrected chi connectivity index (χ2v) is 6.97. The predicted octanol–water partition coefficient (Wildman–Crippen LogP) is 5.67. The number of carbonyl (C=O) groups is 1. The maximum atomic E-state index is 12.5. The Labute approximate surface area is 177 Å². The highest BCUT2D eigenvalue weighted by Gasteiger charge is 2.15. The van der Waals surface area contributed by atoms with Gasteiger partial charge in [0, 0.05) is 29.5 Å². The number of halogens is 1. The summed E-state index contributed by atoms with van der Waals surface area (Å²) in [5.74, 6) is 0.0676. The first-order chi connectivity index (χ1) is 14.3. The molecule has 1 heterocycles. The number of nitro benzene ring substituents is 1. The summed E-state index contributed by atoms with van der Waals surface area (Å²) < 4.78 is 5.66. The Hall–Kier alpha value is -3.89. The highest BCUT2D eigenvalue weighted by molar-refractivity contribution is 6.33. The molecule has 0 atom stereocenters. The van der Waals surface area contributed by atoms with Crippen molar-refractivity contribution in [3.8, 4) is 17.4 Å². The quantitative estimate of drug-likeness (QED) is 0.247. The molecule has 8 heteroatoms. The third-order valence-corrected chi connectivity index (χ3v) is 4.66. The van der Waals surface area contributed by atoms with E-state index in [0.29, 0.717) is 17.0 Å². The smallest absolute Gasteiger partial charge is 0.270 e. The van der Waals surface area contributed by atoms with Crippen LogP contribution in [0, 0.1) is 35.3 Å². The lowest BCUT2D eigenvalue weighted by molar-refractivity contribution is -0.384. The van der Waals surface area contributed by atoms with Gasteiger partial charge in [0.1, 0.15) is 23.2 Å². The number of rotatable bonds is 5. The minimum Gasteiger partial charge on any atom is -0.457 e. The van der Waals surface area contributed by atoms with Gasteiger partial charge < -0.3 is 9.73 Å². The molecule has 1 amide bonds. The van der Waals surface area contributed by atoms with Gasteiger partial charge in [-0.2, -0.15) is 5.26 Å². The van der Waals surface area contributed by atoms with Crippen molar-refractivity contribution < 1.29 is 14.1 Å². The lowest BCUT2D eigenvalue weighted by Gasteiger charge is -2.08. The minimum atomic E-state index is -0.558. The average Bonchev–Trinajstić information content (AvgIpc) is 3.17. The lowest BCUT2D eigenvalue weighted by Crippen LogP contribution is -2.14. The number of nitriles is 1. The fourth-order valence-electron chi connectivity index (χ4n) is 2.74. The monoisotopic (exact) mass is 421 g/mol. The molecule has 0 radical (unpaired) electrons. The zero-order valence-corrected chi connectivity index (χ0v) is 16.9. The van der Waals surface area contributed by atoms with E-state index in [1.165, 1.54) is 24.3 Å². The van der Waals surface area contributed by atoms with Crippen LogP contribution in [0.5, 0.6) is 0 Å². The van der Waals surface area contributed by atoms with Gasteiger partial charge in [-0.25, -0.2) is 0 Å². The van der Waals surface area contributed by atoms with Crippen molar-refractivity contribution in [2.75, 3.05) is 5.32 Å². The number of hydrogen-bond donors (Lipinski definition) is 1. The van der Waals surface area contributed by atoms with Gasteiger partial charge in [-0.05, 0) is 49.2 Å². The van der Waals surface area contributed by atoms with E-state index < -0.39 is 10.8 Å². The van der Waals surface area contributed by atoms with E-state index in [2.05, 4.69) is 5.32 Å². The van der Waals surface area contributed by atoms with Crippen LogP contribution in [-0.4, -0.2) is 10.8 Å². The lowest BCUT2D eigenvalue weighted by atomic mass is 10.1. The molecule has 0 saturated heterocycles. The summed E-state index contributed by atoms with van der Waals surface area (Å²) in [6, 6.07) is 14.7. The number of carbonyl (C=O) groups excluding carboxylic acids is 1. The fourth-order valence-corrected chi connectivity index (χ4v) is 3.01. The fraction of sp³-hybridized carbons (Fsp3) is 0.0909. The van der Waals surface area contributed by atoms with Crippen molar-refractivity contribution in [2.45, 2.75) is 13.8 Å². The largest absolute Gasteiger partial charge is 0.457 e. The van der Waals surface area contributed by atoms with Crippen molar-refractivity contribution >= 4 is 35.0 Å². The Morgan fingerprint density at radius 2 is 1.97 bits per heavy atom. The Morgan fingerprint density at radius 1 is 1.20 bits per heavy atom. The molecular weight excluding hydrogens is 406 g/mol. The van der Waals surface area contributed by atoms with Crippen LogP contribution in [0.3, 0.4) is 0 Å². The van der Waals surface area contributed by atoms with Gasteiger partial charge in [0.15, 0.2) is 0 Å². The molecule has 0 saturated carbocycles. The molecule has 3 aromatic rings. The topological polar surface area (TPSA) is 109 Å². The summed E-state index contributed by atoms with van der Waals surface area (Å²) in [7, 11) is 0. The van der Waals surface area contributed by atoms with Crippen LogP contribution in [-0.2, 0) is 4.79 Å². The number of nitro groups is 1. The van der Waals surface area contributed by atoms with Gasteiger partial charge in [0.25, 0.3) is 11.6 Å². The van der Waals surface area contributed by atoms with Crippen molar-refractivity contribution in [1.29, 1.82) is 5.26 Å². The molecular formula is C22H16ClN3O4. The Bertz CT molecular complexity index is 1220. The Morgan fingerprint density at radius 3 is 2.63 bits per heavy atom. The van der Waals surface area contributed by atoms with Gasteiger partial charge in [-0.15, -0.1) is 0 Å². The first-order valence-electron chi connectivity index (χ1n) is 8.83. The summed E-state index contributed by atoms with van der Waals surface area (Å²) in [6.07, 6.45) is 1.32. The number of anilines is 1. The molecule has 1 aromatic heterocycles. The average molecular weight is 422 g/mol. The molecule has 0 aliphatic heterocycles. The molecule has 3 rings (SSSR count). The number of non-ortho nitro benzene ring substituents is 1. The molecule has 30 heavy (non-hydrogen) atoms. The van der Waals surface area contributed by atoms with E-state index in [1.807, 2.05) is 38.1 Å².